The number of rotatable bonds is 12. The lowest BCUT2D eigenvalue weighted by molar-refractivity contribution is 0.0924. The second-order valence-corrected chi connectivity index (χ2v) is 18.6. The van der Waals surface area contributed by atoms with Gasteiger partial charge in [0.25, 0.3) is 11.8 Å². The predicted octanol–water partition coefficient (Wildman–Crippen LogP) is 11.8. The van der Waals surface area contributed by atoms with Crippen LogP contribution in [0.1, 0.15) is 56.2 Å². The van der Waals surface area contributed by atoms with Crippen molar-refractivity contribution in [1.82, 2.24) is 25.3 Å². The molecule has 3 N–H and O–H groups in total. The number of nitrogens with zero attached hydrogens (tertiary/aromatic N) is 7. The highest BCUT2D eigenvalue weighted by molar-refractivity contribution is 6.41. The van der Waals surface area contributed by atoms with Crippen molar-refractivity contribution in [3.05, 3.63) is 163 Å². The van der Waals surface area contributed by atoms with E-state index in [4.69, 9.17) is 55.9 Å². The molecular formula is C52H44Cl4N10O4. The number of fused-ring (bicyclic) bond motifs is 2. The molecule has 5 heterocycles. The van der Waals surface area contributed by atoms with Gasteiger partial charge in [0.2, 0.25) is 23.7 Å². The lowest BCUT2D eigenvalue weighted by Gasteiger charge is -2.29. The first-order chi connectivity index (χ1) is 34.0. The molecule has 70 heavy (non-hydrogen) atoms. The average molecular weight is 1010 g/mol. The number of ether oxygens (including phenoxy) is 2. The molecule has 3 aliphatic heterocycles. The van der Waals surface area contributed by atoms with Crippen LogP contribution in [0.4, 0.5) is 40.3 Å². The Hall–Kier alpha value is -6.94. The van der Waals surface area contributed by atoms with Gasteiger partial charge in [0, 0.05) is 43.6 Å². The first kappa shape index (κ1) is 46.8. The zero-order chi connectivity index (χ0) is 48.5. The number of hydrogen-bond donors (Lipinski definition) is 3. The molecule has 14 nitrogen and oxygen atoms in total. The number of piperidine rings is 1. The molecule has 0 saturated carbocycles. The maximum Gasteiger partial charge on any atom is 0.268 e. The molecule has 0 unspecified atom stereocenters. The molecule has 1 saturated heterocycles. The van der Waals surface area contributed by atoms with E-state index < -0.39 is 0 Å². The quantitative estimate of drug-likeness (QED) is 0.107. The second-order valence-electron chi connectivity index (χ2n) is 17.0. The van der Waals surface area contributed by atoms with Crippen molar-refractivity contribution in [3.63, 3.8) is 0 Å². The fourth-order valence-electron chi connectivity index (χ4n) is 8.75. The molecule has 1 fully saturated rings. The fourth-order valence-corrected chi connectivity index (χ4v) is 9.95. The fraction of sp³-hybridized carbons (Fsp3) is 0.192. The molecule has 0 aliphatic carbocycles. The molecule has 0 radical (unpaired) electrons. The summed E-state index contributed by atoms with van der Waals surface area (Å²) in [5.41, 5.74) is 9.09. The Labute approximate surface area is 424 Å². The van der Waals surface area contributed by atoms with Gasteiger partial charge in [-0.1, -0.05) is 95.0 Å². The number of benzene rings is 5. The van der Waals surface area contributed by atoms with Crippen LogP contribution in [-0.4, -0.2) is 72.4 Å². The van der Waals surface area contributed by atoms with Crippen LogP contribution < -0.4 is 40.1 Å². The van der Waals surface area contributed by atoms with E-state index in [-0.39, 0.29) is 60.1 Å². The normalized spacial score (nSPS) is 14.8. The topological polar surface area (TPSA) is 150 Å². The van der Waals surface area contributed by atoms with Gasteiger partial charge in [0.05, 0.1) is 31.5 Å². The number of hydrogen-bond acceptors (Lipinski definition) is 12. The molecule has 2 amide bonds. The Morgan fingerprint density at radius 1 is 0.700 bits per heavy atom. The maximum atomic E-state index is 13.7. The number of carbonyl (C=O) groups excluding carboxylic acids is 2. The van der Waals surface area contributed by atoms with Crippen LogP contribution in [0, 0.1) is 0 Å². The SMILES string of the molecule is CN(C)c1ccc(-c2ccc(Nc3ncc4c(n3)OCN(c3c(Cl)cccc3Cl)C4=O)c(/C=C\Cc3cc(Nc4ncc5c(n4)OCN(c4c(Cl)cccc4Cl)C5=O)ccc3C3CCNCC3)c2)cc1. The first-order valence-electron chi connectivity index (χ1n) is 22.5. The summed E-state index contributed by atoms with van der Waals surface area (Å²) in [6, 6.07) is 31.0. The van der Waals surface area contributed by atoms with Gasteiger partial charge in [0.1, 0.15) is 11.1 Å². The lowest BCUT2D eigenvalue weighted by atomic mass is 9.86. The minimum absolute atomic E-state index is 0.119. The third kappa shape index (κ3) is 9.65. The van der Waals surface area contributed by atoms with Crippen molar-refractivity contribution < 1.29 is 19.1 Å². The van der Waals surface area contributed by atoms with Crippen LogP contribution in [0.15, 0.2) is 116 Å². The summed E-state index contributed by atoms with van der Waals surface area (Å²) in [5, 5.41) is 11.5. The number of amides is 2. The number of halogens is 4. The van der Waals surface area contributed by atoms with Crippen molar-refractivity contribution in [2.45, 2.75) is 25.2 Å². The van der Waals surface area contributed by atoms with Gasteiger partial charge in [-0.25, -0.2) is 9.97 Å². The molecule has 3 aliphatic rings. The third-order valence-electron chi connectivity index (χ3n) is 12.4. The molecule has 2 aromatic heterocycles. The highest BCUT2D eigenvalue weighted by Gasteiger charge is 2.33. The van der Waals surface area contributed by atoms with Gasteiger partial charge in [-0.2, -0.15) is 9.97 Å². The van der Waals surface area contributed by atoms with Gasteiger partial charge >= 0.3 is 0 Å². The van der Waals surface area contributed by atoms with Crippen molar-refractivity contribution >= 4 is 105 Å². The number of aromatic nitrogens is 4. The van der Waals surface area contributed by atoms with Crippen molar-refractivity contribution in [2.24, 2.45) is 0 Å². The van der Waals surface area contributed by atoms with E-state index in [0.29, 0.717) is 43.8 Å². The van der Waals surface area contributed by atoms with E-state index >= 15 is 0 Å². The van der Waals surface area contributed by atoms with Crippen molar-refractivity contribution in [1.29, 1.82) is 0 Å². The van der Waals surface area contributed by atoms with Crippen LogP contribution >= 0.6 is 46.4 Å². The summed E-state index contributed by atoms with van der Waals surface area (Å²) in [6.07, 6.45) is 9.78. The van der Waals surface area contributed by atoms with Crippen molar-refractivity contribution in [3.8, 4) is 22.9 Å². The van der Waals surface area contributed by atoms with Crippen molar-refractivity contribution in [2.75, 3.05) is 66.0 Å². The van der Waals surface area contributed by atoms with Crippen LogP contribution in [0.2, 0.25) is 20.1 Å². The summed E-state index contributed by atoms with van der Waals surface area (Å²) in [7, 11) is 4.03. The zero-order valence-electron chi connectivity index (χ0n) is 37.8. The van der Waals surface area contributed by atoms with Crippen LogP contribution in [0.25, 0.3) is 17.2 Å². The summed E-state index contributed by atoms with van der Waals surface area (Å²) >= 11 is 25.7. The molecular weight excluding hydrogens is 970 g/mol. The average Bonchev–Trinajstić information content (AvgIpc) is 3.36. The summed E-state index contributed by atoms with van der Waals surface area (Å²) < 4.78 is 12.0. The Balaban J connectivity index is 0.928. The van der Waals surface area contributed by atoms with E-state index in [9.17, 15) is 9.59 Å². The van der Waals surface area contributed by atoms with Gasteiger partial charge < -0.3 is 30.3 Å². The summed E-state index contributed by atoms with van der Waals surface area (Å²) in [4.78, 5) is 50.3. The monoisotopic (exact) mass is 1010 g/mol. The molecule has 5 aromatic carbocycles. The molecule has 7 aromatic rings. The highest BCUT2D eigenvalue weighted by atomic mass is 35.5. The highest BCUT2D eigenvalue weighted by Crippen LogP contribution is 2.40. The lowest BCUT2D eigenvalue weighted by Crippen LogP contribution is -2.39. The third-order valence-corrected chi connectivity index (χ3v) is 13.6. The Kier molecular flexibility index (Phi) is 13.5. The number of anilines is 7. The van der Waals surface area contributed by atoms with Crippen LogP contribution in [0.3, 0.4) is 0 Å². The van der Waals surface area contributed by atoms with Gasteiger partial charge in [-0.3, -0.25) is 19.4 Å². The van der Waals surface area contributed by atoms with Gasteiger partial charge in [-0.05, 0) is 127 Å². The Morgan fingerprint density at radius 3 is 1.83 bits per heavy atom. The first-order valence-corrected chi connectivity index (χ1v) is 24.0. The Morgan fingerprint density at radius 2 is 1.26 bits per heavy atom. The molecule has 354 valence electrons. The number of allylic oxidation sites excluding steroid dienone is 1. The number of carbonyl (C=O) groups is 2. The molecule has 0 spiro atoms. The Bertz CT molecular complexity index is 3150. The minimum atomic E-state index is -0.382. The van der Waals surface area contributed by atoms with E-state index in [0.717, 1.165) is 65.2 Å². The van der Waals surface area contributed by atoms with Crippen LogP contribution in [0.5, 0.6) is 11.8 Å². The van der Waals surface area contributed by atoms with E-state index in [1.165, 1.54) is 27.8 Å². The minimum Gasteiger partial charge on any atom is -0.455 e. The van der Waals surface area contributed by atoms with Gasteiger partial charge in [-0.15, -0.1) is 0 Å². The smallest absolute Gasteiger partial charge is 0.268 e. The molecule has 10 rings (SSSR count). The molecule has 0 atom stereocenters. The summed E-state index contributed by atoms with van der Waals surface area (Å²) in [5.74, 6) is 0.450. The predicted molar refractivity (Wildman–Crippen MR) is 278 cm³/mol. The number of para-hydroxylation sites is 2. The maximum absolute atomic E-state index is 13.7. The van der Waals surface area contributed by atoms with E-state index in [2.05, 4.69) is 95.4 Å². The second kappa shape index (κ2) is 20.2. The molecule has 0 bridgehead atoms. The van der Waals surface area contributed by atoms with E-state index in [1.54, 1.807) is 36.4 Å². The summed E-state index contributed by atoms with van der Waals surface area (Å²) in [6.45, 7) is 1.63. The largest absolute Gasteiger partial charge is 0.455 e. The van der Waals surface area contributed by atoms with E-state index in [1.807, 2.05) is 32.3 Å². The molecule has 18 heteroatoms. The van der Waals surface area contributed by atoms with Gasteiger partial charge in [0.15, 0.2) is 13.5 Å². The standard InChI is InChI=1S/C52H44Cl4N10O4/c1-64(2)36-16-12-30(13-17-36)32-14-19-44(61-52-59-27-39-48(63-52)70-29-66(50(39)68)46-42(55)10-5-11-43(46)56)34(24-32)7-3-6-33-25-35(15-18-37(33)31-20-22-57-23-21-31)60-51-58-26-38-47(62-51)69-28-65(49(38)67)45-40(53)8-4-9-41(45)54/h3-5,7-19,24-27,31,57H,6,20-23,28-29H2,1-2H3,(H,58,60,62)(H,59,61,63)/b7-3-. The number of nitrogens with one attached hydrogen (secondary N) is 3. The van der Waals surface area contributed by atoms with Crippen LogP contribution in [-0.2, 0) is 6.42 Å². The zero-order valence-corrected chi connectivity index (χ0v) is 40.9.